The van der Waals surface area contributed by atoms with E-state index < -0.39 is 20.9 Å². The summed E-state index contributed by atoms with van der Waals surface area (Å²) in [6.45, 7) is 0. The standard InChI is InChI=1S/C12H14N2O6S/c1-13(8-3-4-8)21(18,19)11-6-5-9(14(16)17)7-10(11)12(15)20-2/h5-8H,3-4H2,1-2H3. The smallest absolute Gasteiger partial charge is 0.339 e. The fourth-order valence-electron chi connectivity index (χ4n) is 1.92. The Morgan fingerprint density at radius 2 is 2.05 bits per heavy atom. The van der Waals surface area contributed by atoms with Gasteiger partial charge in [-0.05, 0) is 18.9 Å². The van der Waals surface area contributed by atoms with Gasteiger partial charge in [-0.1, -0.05) is 0 Å². The van der Waals surface area contributed by atoms with E-state index in [1.807, 2.05) is 0 Å². The summed E-state index contributed by atoms with van der Waals surface area (Å²) in [6.07, 6.45) is 1.52. The molecule has 0 aromatic heterocycles. The lowest BCUT2D eigenvalue weighted by molar-refractivity contribution is -0.384. The number of esters is 1. The number of hydrogen-bond donors (Lipinski definition) is 0. The minimum Gasteiger partial charge on any atom is -0.465 e. The third-order valence-electron chi connectivity index (χ3n) is 3.30. The van der Waals surface area contributed by atoms with Gasteiger partial charge in [0.15, 0.2) is 0 Å². The highest BCUT2D eigenvalue weighted by Crippen LogP contribution is 2.32. The van der Waals surface area contributed by atoms with Gasteiger partial charge in [-0.25, -0.2) is 13.2 Å². The molecule has 0 N–H and O–H groups in total. The van der Waals surface area contributed by atoms with Crippen LogP contribution < -0.4 is 0 Å². The van der Waals surface area contributed by atoms with E-state index in [1.54, 1.807) is 0 Å². The van der Waals surface area contributed by atoms with Crippen molar-refractivity contribution in [2.45, 2.75) is 23.8 Å². The number of methoxy groups -OCH3 is 1. The van der Waals surface area contributed by atoms with Crippen LogP contribution >= 0.6 is 0 Å². The summed E-state index contributed by atoms with van der Waals surface area (Å²) >= 11 is 0. The van der Waals surface area contributed by atoms with Crippen molar-refractivity contribution < 1.29 is 22.9 Å². The molecule has 0 bridgehead atoms. The first-order chi connectivity index (χ1) is 9.78. The van der Waals surface area contributed by atoms with E-state index in [0.717, 1.165) is 38.2 Å². The topological polar surface area (TPSA) is 107 Å². The first-order valence-corrected chi connectivity index (χ1v) is 7.58. The minimum absolute atomic E-state index is 0.0873. The van der Waals surface area contributed by atoms with Crippen molar-refractivity contribution in [1.82, 2.24) is 4.31 Å². The number of non-ortho nitro benzene ring substituents is 1. The molecule has 1 fully saturated rings. The van der Waals surface area contributed by atoms with Gasteiger partial charge in [0.05, 0.1) is 22.5 Å². The molecule has 0 saturated heterocycles. The molecule has 1 aromatic rings. The van der Waals surface area contributed by atoms with Gasteiger partial charge in [-0.3, -0.25) is 10.1 Å². The zero-order valence-corrected chi connectivity index (χ0v) is 12.3. The first kappa shape index (κ1) is 15.4. The SMILES string of the molecule is COC(=O)c1cc([N+](=O)[O-])ccc1S(=O)(=O)N(C)C1CC1. The molecule has 114 valence electrons. The number of sulfonamides is 1. The van der Waals surface area contributed by atoms with Crippen molar-refractivity contribution in [3.8, 4) is 0 Å². The summed E-state index contributed by atoms with van der Waals surface area (Å²) in [5.74, 6) is -0.929. The van der Waals surface area contributed by atoms with Gasteiger partial charge in [0.1, 0.15) is 0 Å². The first-order valence-electron chi connectivity index (χ1n) is 6.14. The summed E-state index contributed by atoms with van der Waals surface area (Å²) in [5.41, 5.74) is -0.706. The maximum Gasteiger partial charge on any atom is 0.339 e. The number of ether oxygens (including phenoxy) is 1. The molecule has 0 heterocycles. The van der Waals surface area contributed by atoms with Crippen LogP contribution in [0.4, 0.5) is 5.69 Å². The highest BCUT2D eigenvalue weighted by Gasteiger charge is 2.37. The Morgan fingerprint density at radius 1 is 1.43 bits per heavy atom. The van der Waals surface area contributed by atoms with Crippen LogP contribution in [0.3, 0.4) is 0 Å². The molecule has 1 aliphatic carbocycles. The summed E-state index contributed by atoms with van der Waals surface area (Å²) in [5, 5.41) is 10.8. The van der Waals surface area contributed by atoms with Crippen LogP contribution in [0.2, 0.25) is 0 Å². The Kier molecular flexibility index (Phi) is 3.97. The number of nitro groups is 1. The normalized spacial score (nSPS) is 15.0. The highest BCUT2D eigenvalue weighted by atomic mass is 32.2. The summed E-state index contributed by atoms with van der Waals surface area (Å²) in [6, 6.07) is 2.95. The van der Waals surface area contributed by atoms with Gasteiger partial charge in [0.2, 0.25) is 10.0 Å². The Bertz CT molecular complexity index is 696. The molecule has 8 nitrogen and oxygen atoms in total. The van der Waals surface area contributed by atoms with Crippen molar-refractivity contribution in [1.29, 1.82) is 0 Å². The zero-order valence-electron chi connectivity index (χ0n) is 11.5. The van der Waals surface area contributed by atoms with Crippen molar-refractivity contribution in [3.63, 3.8) is 0 Å². The lowest BCUT2D eigenvalue weighted by Gasteiger charge is -2.18. The third-order valence-corrected chi connectivity index (χ3v) is 5.27. The van der Waals surface area contributed by atoms with Gasteiger partial charge in [0, 0.05) is 25.2 Å². The minimum atomic E-state index is -3.89. The fraction of sp³-hybridized carbons (Fsp3) is 0.417. The van der Waals surface area contributed by atoms with Crippen LogP contribution in [0.5, 0.6) is 0 Å². The number of carbonyl (C=O) groups is 1. The number of benzene rings is 1. The lowest BCUT2D eigenvalue weighted by Crippen LogP contribution is -2.30. The highest BCUT2D eigenvalue weighted by molar-refractivity contribution is 7.89. The second-order valence-electron chi connectivity index (χ2n) is 4.68. The van der Waals surface area contributed by atoms with E-state index >= 15 is 0 Å². The number of nitrogens with zero attached hydrogens (tertiary/aromatic N) is 2. The van der Waals surface area contributed by atoms with Crippen molar-refractivity contribution in [3.05, 3.63) is 33.9 Å². The molecule has 1 aliphatic rings. The maximum atomic E-state index is 12.5. The average molecular weight is 314 g/mol. The molecule has 1 saturated carbocycles. The Labute approximate surface area is 121 Å². The van der Waals surface area contributed by atoms with Crippen LogP contribution in [-0.2, 0) is 14.8 Å². The van der Waals surface area contributed by atoms with Crippen LogP contribution in [0.25, 0.3) is 0 Å². The molecule has 0 amide bonds. The summed E-state index contributed by atoms with van der Waals surface area (Å²) in [4.78, 5) is 21.5. The molecule has 9 heteroatoms. The van der Waals surface area contributed by atoms with Crippen molar-refractivity contribution >= 4 is 21.7 Å². The van der Waals surface area contributed by atoms with Crippen molar-refractivity contribution in [2.24, 2.45) is 0 Å². The monoisotopic (exact) mass is 314 g/mol. The quantitative estimate of drug-likeness (QED) is 0.458. The van der Waals surface area contributed by atoms with E-state index in [9.17, 15) is 23.3 Å². The summed E-state index contributed by atoms with van der Waals surface area (Å²) in [7, 11) is -1.38. The van der Waals surface area contributed by atoms with Crippen LogP contribution in [0, 0.1) is 10.1 Å². The molecule has 0 aliphatic heterocycles. The van der Waals surface area contributed by atoms with Gasteiger partial charge in [-0.15, -0.1) is 0 Å². The Hall–Kier alpha value is -2.00. The molecule has 0 spiro atoms. The number of nitro benzene ring substituents is 1. The fourth-order valence-corrected chi connectivity index (χ4v) is 3.49. The number of hydrogen-bond acceptors (Lipinski definition) is 6. The van der Waals surface area contributed by atoms with Gasteiger partial charge >= 0.3 is 5.97 Å². The number of rotatable bonds is 5. The maximum absolute atomic E-state index is 12.5. The molecule has 2 rings (SSSR count). The molecule has 0 radical (unpaired) electrons. The average Bonchev–Trinajstić information content (AvgIpc) is 3.29. The summed E-state index contributed by atoms with van der Waals surface area (Å²) < 4.78 is 30.7. The predicted octanol–water partition coefficient (Wildman–Crippen LogP) is 1.16. The predicted molar refractivity (Wildman–Crippen MR) is 72.4 cm³/mol. The van der Waals surface area contributed by atoms with Gasteiger partial charge < -0.3 is 4.74 Å². The molecule has 1 aromatic carbocycles. The number of carbonyl (C=O) groups excluding carboxylic acids is 1. The third kappa shape index (κ3) is 2.88. The van der Waals surface area contributed by atoms with E-state index in [2.05, 4.69) is 4.74 Å². The van der Waals surface area contributed by atoms with Crippen LogP contribution in [0.15, 0.2) is 23.1 Å². The van der Waals surface area contributed by atoms with Gasteiger partial charge in [-0.2, -0.15) is 4.31 Å². The Balaban J connectivity index is 2.56. The molecule has 0 atom stereocenters. The lowest BCUT2D eigenvalue weighted by atomic mass is 10.2. The van der Waals surface area contributed by atoms with Crippen LogP contribution in [-0.4, -0.2) is 43.8 Å². The van der Waals surface area contributed by atoms with E-state index in [1.165, 1.54) is 11.4 Å². The second kappa shape index (κ2) is 5.41. The molecule has 0 unspecified atom stereocenters. The zero-order chi connectivity index (χ0) is 15.8. The second-order valence-corrected chi connectivity index (χ2v) is 6.65. The molecule has 21 heavy (non-hydrogen) atoms. The van der Waals surface area contributed by atoms with Crippen LogP contribution in [0.1, 0.15) is 23.2 Å². The largest absolute Gasteiger partial charge is 0.465 e. The van der Waals surface area contributed by atoms with E-state index in [-0.39, 0.29) is 22.2 Å². The van der Waals surface area contributed by atoms with E-state index in [0.29, 0.717) is 0 Å². The molecular formula is C12H14N2O6S. The van der Waals surface area contributed by atoms with E-state index in [4.69, 9.17) is 0 Å². The van der Waals surface area contributed by atoms with Crippen molar-refractivity contribution in [2.75, 3.05) is 14.2 Å². The molecular weight excluding hydrogens is 300 g/mol. The Morgan fingerprint density at radius 3 is 2.52 bits per heavy atom. The van der Waals surface area contributed by atoms with Gasteiger partial charge in [0.25, 0.3) is 5.69 Å².